The third-order valence-corrected chi connectivity index (χ3v) is 4.77. The van der Waals surface area contributed by atoms with Crippen molar-refractivity contribution in [2.75, 3.05) is 13.2 Å². The highest BCUT2D eigenvalue weighted by Crippen LogP contribution is 2.30. The van der Waals surface area contributed by atoms with Crippen LogP contribution in [0.15, 0.2) is 83.5 Å². The van der Waals surface area contributed by atoms with Gasteiger partial charge in [0.15, 0.2) is 17.3 Å². The molecule has 7 nitrogen and oxygen atoms in total. The van der Waals surface area contributed by atoms with Gasteiger partial charge in [-0.2, -0.15) is 5.10 Å². The van der Waals surface area contributed by atoms with Crippen molar-refractivity contribution in [1.29, 1.82) is 0 Å². The van der Waals surface area contributed by atoms with Gasteiger partial charge in [0.1, 0.15) is 24.1 Å². The number of hydrogen-bond acceptors (Lipinski definition) is 5. The van der Waals surface area contributed by atoms with Gasteiger partial charge in [0.05, 0.1) is 18.5 Å². The van der Waals surface area contributed by atoms with E-state index in [1.807, 2.05) is 60.7 Å². The molecule has 1 aliphatic rings. The van der Waals surface area contributed by atoms with Gasteiger partial charge in [-0.05, 0) is 36.4 Å². The summed E-state index contributed by atoms with van der Waals surface area (Å²) in [6, 6.07) is 22.3. The molecule has 0 bridgehead atoms. The van der Waals surface area contributed by atoms with Crippen molar-refractivity contribution in [1.82, 2.24) is 15.1 Å². The molecule has 1 atom stereocenters. The van der Waals surface area contributed by atoms with E-state index in [2.05, 4.69) is 10.4 Å². The minimum absolute atomic E-state index is 0.258. The summed E-state index contributed by atoms with van der Waals surface area (Å²) in [6.45, 7) is 0.677. The van der Waals surface area contributed by atoms with Crippen LogP contribution in [0.3, 0.4) is 0 Å². The second kappa shape index (κ2) is 7.79. The van der Waals surface area contributed by atoms with E-state index >= 15 is 0 Å². The maximum absolute atomic E-state index is 13.0. The van der Waals surface area contributed by atoms with Crippen LogP contribution in [0.25, 0.3) is 17.1 Å². The van der Waals surface area contributed by atoms with Crippen LogP contribution < -0.4 is 14.8 Å². The third kappa shape index (κ3) is 3.53. The molecule has 30 heavy (non-hydrogen) atoms. The molecule has 0 radical (unpaired) electrons. The predicted octanol–water partition coefficient (Wildman–Crippen LogP) is 3.70. The Hall–Kier alpha value is -4.00. The second-order valence-corrected chi connectivity index (χ2v) is 6.85. The Bertz CT molecular complexity index is 1150. The van der Waals surface area contributed by atoms with Crippen LogP contribution in [0.4, 0.5) is 0 Å². The fraction of sp³-hybridized carbons (Fsp3) is 0.130. The summed E-state index contributed by atoms with van der Waals surface area (Å²) in [5, 5.41) is 7.51. The highest BCUT2D eigenvalue weighted by Gasteiger charge is 2.23. The molecule has 0 aliphatic carbocycles. The molecular formula is C23H19N3O4. The van der Waals surface area contributed by atoms with Crippen LogP contribution in [-0.4, -0.2) is 34.9 Å². The number of aromatic nitrogens is 2. The van der Waals surface area contributed by atoms with Crippen molar-refractivity contribution in [2.45, 2.75) is 6.10 Å². The molecule has 0 saturated heterocycles. The van der Waals surface area contributed by atoms with Gasteiger partial charge in [0.2, 0.25) is 0 Å². The molecular weight excluding hydrogens is 382 g/mol. The van der Waals surface area contributed by atoms with Crippen LogP contribution in [0, 0.1) is 0 Å². The molecule has 0 unspecified atom stereocenters. The number of amides is 1. The Labute approximate surface area is 172 Å². The minimum Gasteiger partial charge on any atom is -0.486 e. The number of nitrogens with zero attached hydrogens (tertiary/aromatic N) is 2. The van der Waals surface area contributed by atoms with Crippen molar-refractivity contribution in [3.05, 3.63) is 84.8 Å². The van der Waals surface area contributed by atoms with Crippen molar-refractivity contribution in [2.24, 2.45) is 0 Å². The first-order chi connectivity index (χ1) is 14.8. The molecule has 3 heterocycles. The molecule has 0 spiro atoms. The van der Waals surface area contributed by atoms with Gasteiger partial charge in [-0.25, -0.2) is 4.68 Å². The molecule has 5 rings (SSSR count). The van der Waals surface area contributed by atoms with Crippen LogP contribution in [0.5, 0.6) is 11.5 Å². The van der Waals surface area contributed by atoms with E-state index in [-0.39, 0.29) is 12.0 Å². The lowest BCUT2D eigenvalue weighted by Gasteiger charge is -2.26. The molecule has 4 aromatic rings. The average Bonchev–Trinajstić information content (AvgIpc) is 3.48. The standard InChI is InChI=1S/C23H19N3O4/c27-23(24-14-17-15-29-21-9-4-5-10-22(21)30-17)19-13-18(20-11-6-12-28-20)25-26(19)16-7-2-1-3-8-16/h1-13,17H,14-15H2,(H,24,27)/t17-/m1/s1. The maximum atomic E-state index is 13.0. The lowest BCUT2D eigenvalue weighted by atomic mass is 10.2. The Balaban J connectivity index is 1.36. The lowest BCUT2D eigenvalue weighted by molar-refractivity contribution is 0.0785. The molecule has 7 heteroatoms. The van der Waals surface area contributed by atoms with Crippen molar-refractivity contribution in [3.63, 3.8) is 0 Å². The summed E-state index contributed by atoms with van der Waals surface area (Å²) in [5.41, 5.74) is 1.77. The SMILES string of the molecule is O=C(NC[C@@H]1COc2ccccc2O1)c1cc(-c2ccco2)nn1-c1ccccc1. The lowest BCUT2D eigenvalue weighted by Crippen LogP contribution is -2.41. The normalized spacial score (nSPS) is 15.0. The predicted molar refractivity (Wildman–Crippen MR) is 110 cm³/mol. The molecule has 1 N–H and O–H groups in total. The number of nitrogens with one attached hydrogen (secondary N) is 1. The monoisotopic (exact) mass is 401 g/mol. The number of rotatable bonds is 5. The smallest absolute Gasteiger partial charge is 0.270 e. The van der Waals surface area contributed by atoms with E-state index in [0.29, 0.717) is 41.8 Å². The summed E-state index contributed by atoms with van der Waals surface area (Å²) in [4.78, 5) is 13.0. The first-order valence-electron chi connectivity index (χ1n) is 9.64. The van der Waals surface area contributed by atoms with E-state index < -0.39 is 0 Å². The van der Waals surface area contributed by atoms with Crippen LogP contribution in [-0.2, 0) is 0 Å². The highest BCUT2D eigenvalue weighted by atomic mass is 16.6. The molecule has 0 saturated carbocycles. The number of benzene rings is 2. The van der Waals surface area contributed by atoms with Gasteiger partial charge < -0.3 is 19.2 Å². The van der Waals surface area contributed by atoms with Gasteiger partial charge >= 0.3 is 0 Å². The first-order valence-corrected chi connectivity index (χ1v) is 9.64. The second-order valence-electron chi connectivity index (χ2n) is 6.85. The zero-order valence-electron chi connectivity index (χ0n) is 16.0. The Kier molecular flexibility index (Phi) is 4.69. The number of carbonyl (C=O) groups excluding carboxylic acids is 1. The molecule has 150 valence electrons. The molecule has 2 aromatic carbocycles. The van der Waals surface area contributed by atoms with Crippen LogP contribution in [0.1, 0.15) is 10.5 Å². The number of furan rings is 1. The van der Waals surface area contributed by atoms with Crippen molar-refractivity contribution in [3.8, 4) is 28.6 Å². The Morgan fingerprint density at radius 1 is 1.03 bits per heavy atom. The highest BCUT2D eigenvalue weighted by molar-refractivity contribution is 5.94. The largest absolute Gasteiger partial charge is 0.486 e. The summed E-state index contributed by atoms with van der Waals surface area (Å²) < 4.78 is 18.7. The summed E-state index contributed by atoms with van der Waals surface area (Å²) in [6.07, 6.45) is 1.30. The van der Waals surface area contributed by atoms with Gasteiger partial charge in [0, 0.05) is 6.07 Å². The summed E-state index contributed by atoms with van der Waals surface area (Å²) in [7, 11) is 0. The number of carbonyl (C=O) groups is 1. The molecule has 2 aromatic heterocycles. The zero-order valence-corrected chi connectivity index (χ0v) is 16.0. The first kappa shape index (κ1) is 18.1. The van der Waals surface area contributed by atoms with Gasteiger partial charge in [-0.3, -0.25) is 4.79 Å². The van der Waals surface area contributed by atoms with E-state index in [1.165, 1.54) is 0 Å². The number of fused-ring (bicyclic) bond motifs is 1. The van der Waals surface area contributed by atoms with E-state index in [0.717, 1.165) is 5.69 Å². The summed E-state index contributed by atoms with van der Waals surface area (Å²) in [5.74, 6) is 1.73. The van der Waals surface area contributed by atoms with E-state index in [1.54, 1.807) is 23.1 Å². The van der Waals surface area contributed by atoms with Crippen molar-refractivity contribution < 1.29 is 18.7 Å². The van der Waals surface area contributed by atoms with E-state index in [9.17, 15) is 4.79 Å². The Morgan fingerprint density at radius 3 is 2.63 bits per heavy atom. The summed E-state index contributed by atoms with van der Waals surface area (Å²) >= 11 is 0. The topological polar surface area (TPSA) is 78.5 Å². The van der Waals surface area contributed by atoms with E-state index in [4.69, 9.17) is 13.9 Å². The molecule has 1 aliphatic heterocycles. The number of hydrogen-bond donors (Lipinski definition) is 1. The zero-order chi connectivity index (χ0) is 20.3. The quantitative estimate of drug-likeness (QED) is 0.552. The fourth-order valence-corrected chi connectivity index (χ4v) is 3.31. The Morgan fingerprint density at radius 2 is 1.83 bits per heavy atom. The van der Waals surface area contributed by atoms with Gasteiger partial charge in [0.25, 0.3) is 5.91 Å². The number of para-hydroxylation sites is 3. The minimum atomic E-state index is -0.276. The number of ether oxygens (including phenoxy) is 2. The van der Waals surface area contributed by atoms with Crippen LogP contribution in [0.2, 0.25) is 0 Å². The molecule has 0 fully saturated rings. The van der Waals surface area contributed by atoms with Gasteiger partial charge in [-0.15, -0.1) is 0 Å². The maximum Gasteiger partial charge on any atom is 0.270 e. The van der Waals surface area contributed by atoms with Crippen molar-refractivity contribution >= 4 is 5.91 Å². The van der Waals surface area contributed by atoms with Crippen LogP contribution >= 0.6 is 0 Å². The average molecular weight is 401 g/mol. The fourth-order valence-electron chi connectivity index (χ4n) is 3.31. The third-order valence-electron chi connectivity index (χ3n) is 4.77. The molecule has 1 amide bonds. The van der Waals surface area contributed by atoms with Gasteiger partial charge in [-0.1, -0.05) is 30.3 Å².